The number of hydrogen-bond acceptors (Lipinski definition) is 6. The summed E-state index contributed by atoms with van der Waals surface area (Å²) in [7, 11) is -3.60. The Morgan fingerprint density at radius 3 is 2.80 bits per heavy atom. The summed E-state index contributed by atoms with van der Waals surface area (Å²) in [6.45, 7) is 0. The minimum absolute atomic E-state index is 0.133. The Hall–Kier alpha value is -1.38. The third-order valence-electron chi connectivity index (χ3n) is 2.62. The summed E-state index contributed by atoms with van der Waals surface area (Å²) >= 11 is 4.67. The monoisotopic (exact) mass is 372 g/mol. The quantitative estimate of drug-likeness (QED) is 0.713. The summed E-state index contributed by atoms with van der Waals surface area (Å²) in [6.07, 6.45) is 0. The zero-order chi connectivity index (χ0) is 14.3. The maximum absolute atomic E-state index is 12.3. The predicted molar refractivity (Wildman–Crippen MR) is 81.3 cm³/mol. The summed E-state index contributed by atoms with van der Waals surface area (Å²) in [5, 5.41) is -0.275. The highest BCUT2D eigenvalue weighted by molar-refractivity contribution is 9.11. The SMILES string of the molecule is Nc1ccc2oc(S(=O)(=O)Cc3ccc(Br)s3)nc2c1. The van der Waals surface area contributed by atoms with Gasteiger partial charge in [0, 0.05) is 10.6 Å². The lowest BCUT2D eigenvalue weighted by atomic mass is 10.3. The molecular weight excluding hydrogens is 364 g/mol. The van der Waals surface area contributed by atoms with Gasteiger partial charge in [-0.3, -0.25) is 0 Å². The smallest absolute Gasteiger partial charge is 0.316 e. The van der Waals surface area contributed by atoms with Gasteiger partial charge in [-0.25, -0.2) is 8.42 Å². The number of nitrogen functional groups attached to an aromatic ring is 1. The van der Waals surface area contributed by atoms with Gasteiger partial charge in [0.1, 0.15) is 5.52 Å². The molecule has 2 N–H and O–H groups in total. The molecule has 2 aromatic heterocycles. The third-order valence-corrected chi connectivity index (χ3v) is 5.82. The highest BCUT2D eigenvalue weighted by Gasteiger charge is 2.23. The van der Waals surface area contributed by atoms with Gasteiger partial charge in [0.2, 0.25) is 9.84 Å². The summed E-state index contributed by atoms with van der Waals surface area (Å²) in [6, 6.07) is 8.40. The number of aromatic nitrogens is 1. The number of sulfone groups is 1. The van der Waals surface area contributed by atoms with E-state index in [0.717, 1.165) is 8.66 Å². The fraction of sp³-hybridized carbons (Fsp3) is 0.0833. The molecule has 0 saturated heterocycles. The average molecular weight is 373 g/mol. The first-order valence-corrected chi connectivity index (χ1v) is 8.83. The molecule has 20 heavy (non-hydrogen) atoms. The second kappa shape index (κ2) is 4.87. The number of nitrogens with zero attached hydrogens (tertiary/aromatic N) is 1. The molecule has 0 amide bonds. The summed E-state index contributed by atoms with van der Waals surface area (Å²) < 4.78 is 30.7. The molecule has 0 aliphatic carbocycles. The Morgan fingerprint density at radius 2 is 2.10 bits per heavy atom. The largest absolute Gasteiger partial charge is 0.428 e. The van der Waals surface area contributed by atoms with Crippen LogP contribution < -0.4 is 5.73 Å². The Kier molecular flexibility index (Phi) is 3.31. The van der Waals surface area contributed by atoms with Crippen molar-refractivity contribution < 1.29 is 12.8 Å². The number of fused-ring (bicyclic) bond motifs is 1. The molecule has 0 aliphatic rings. The van der Waals surface area contributed by atoms with E-state index < -0.39 is 9.84 Å². The second-order valence-corrected chi connectivity index (χ2v) is 8.59. The van der Waals surface area contributed by atoms with Crippen molar-refractivity contribution in [2.45, 2.75) is 11.0 Å². The number of thiophene rings is 1. The van der Waals surface area contributed by atoms with E-state index in [1.54, 1.807) is 24.3 Å². The molecule has 1 aromatic carbocycles. The van der Waals surface area contributed by atoms with E-state index in [4.69, 9.17) is 10.2 Å². The van der Waals surface area contributed by atoms with Crippen molar-refractivity contribution in [3.05, 3.63) is 39.0 Å². The molecule has 0 unspecified atom stereocenters. The zero-order valence-electron chi connectivity index (χ0n) is 10.0. The van der Waals surface area contributed by atoms with E-state index in [-0.39, 0.29) is 11.0 Å². The second-order valence-electron chi connectivity index (χ2n) is 4.17. The number of benzene rings is 1. The summed E-state index contributed by atoms with van der Waals surface area (Å²) in [4.78, 5) is 4.73. The molecule has 3 rings (SSSR count). The van der Waals surface area contributed by atoms with Gasteiger partial charge in [0.25, 0.3) is 0 Å². The maximum atomic E-state index is 12.3. The van der Waals surface area contributed by atoms with E-state index in [9.17, 15) is 8.42 Å². The van der Waals surface area contributed by atoms with Gasteiger partial charge in [-0.1, -0.05) is 0 Å². The van der Waals surface area contributed by atoms with E-state index in [1.165, 1.54) is 11.3 Å². The number of oxazole rings is 1. The predicted octanol–water partition coefficient (Wildman–Crippen LogP) is 3.21. The van der Waals surface area contributed by atoms with Crippen molar-refractivity contribution in [3.8, 4) is 0 Å². The van der Waals surface area contributed by atoms with E-state index in [0.29, 0.717) is 16.8 Å². The van der Waals surface area contributed by atoms with Crippen molar-refractivity contribution in [1.82, 2.24) is 4.98 Å². The number of rotatable bonds is 3. The van der Waals surface area contributed by atoms with Gasteiger partial charge in [-0.2, -0.15) is 4.98 Å². The minimum atomic E-state index is -3.60. The van der Waals surface area contributed by atoms with Gasteiger partial charge in [-0.15, -0.1) is 11.3 Å². The lowest BCUT2D eigenvalue weighted by molar-refractivity contribution is 0.458. The summed E-state index contributed by atoms with van der Waals surface area (Å²) in [5.74, 6) is -0.133. The third kappa shape index (κ3) is 2.58. The van der Waals surface area contributed by atoms with E-state index in [1.807, 2.05) is 6.07 Å². The first-order valence-electron chi connectivity index (χ1n) is 5.57. The molecular formula is C12H9BrN2O3S2. The number of hydrogen-bond donors (Lipinski definition) is 1. The number of nitrogens with two attached hydrogens (primary N) is 1. The van der Waals surface area contributed by atoms with Crippen LogP contribution in [-0.4, -0.2) is 13.4 Å². The first-order chi connectivity index (χ1) is 9.44. The number of halogens is 1. The van der Waals surface area contributed by atoms with Crippen molar-refractivity contribution in [3.63, 3.8) is 0 Å². The molecule has 0 saturated carbocycles. The average Bonchev–Trinajstić information content (AvgIpc) is 2.95. The van der Waals surface area contributed by atoms with Crippen LogP contribution in [0.25, 0.3) is 11.1 Å². The molecule has 8 heteroatoms. The lowest BCUT2D eigenvalue weighted by Crippen LogP contribution is -2.03. The standard InChI is InChI=1S/C12H9BrN2O3S2/c13-11-4-2-8(19-11)6-20(16,17)12-15-9-5-7(14)1-3-10(9)18-12/h1-5H,6,14H2. The van der Waals surface area contributed by atoms with Gasteiger partial charge < -0.3 is 10.2 Å². The lowest BCUT2D eigenvalue weighted by Gasteiger charge is -1.96. The van der Waals surface area contributed by atoms with E-state index in [2.05, 4.69) is 20.9 Å². The van der Waals surface area contributed by atoms with Crippen molar-refractivity contribution in [2.75, 3.05) is 5.73 Å². The minimum Gasteiger partial charge on any atom is -0.428 e. The van der Waals surface area contributed by atoms with Crippen LogP contribution in [0.3, 0.4) is 0 Å². The van der Waals surface area contributed by atoms with Crippen LogP contribution in [0.4, 0.5) is 5.69 Å². The Morgan fingerprint density at radius 1 is 1.30 bits per heavy atom. The Labute approximate surface area is 127 Å². The van der Waals surface area contributed by atoms with Crippen LogP contribution in [-0.2, 0) is 15.6 Å². The topological polar surface area (TPSA) is 86.2 Å². The maximum Gasteiger partial charge on any atom is 0.316 e. The Bertz CT molecular complexity index is 883. The fourth-order valence-corrected chi connectivity index (χ4v) is 4.76. The van der Waals surface area contributed by atoms with Crippen LogP contribution in [0.5, 0.6) is 0 Å². The molecule has 5 nitrogen and oxygen atoms in total. The molecule has 0 atom stereocenters. The van der Waals surface area contributed by atoms with Gasteiger partial charge >= 0.3 is 5.22 Å². The van der Waals surface area contributed by atoms with Crippen LogP contribution >= 0.6 is 27.3 Å². The fourth-order valence-electron chi connectivity index (χ4n) is 1.73. The molecule has 3 aromatic rings. The van der Waals surface area contributed by atoms with Crippen LogP contribution in [0, 0.1) is 0 Å². The van der Waals surface area contributed by atoms with Crippen LogP contribution in [0.15, 0.2) is 43.8 Å². The van der Waals surface area contributed by atoms with Gasteiger partial charge in [-0.05, 0) is 46.3 Å². The Balaban J connectivity index is 2.00. The molecule has 2 heterocycles. The molecule has 0 fully saturated rings. The van der Waals surface area contributed by atoms with Crippen LogP contribution in [0.1, 0.15) is 4.88 Å². The van der Waals surface area contributed by atoms with Crippen molar-refractivity contribution in [1.29, 1.82) is 0 Å². The first kappa shape index (κ1) is 13.6. The highest BCUT2D eigenvalue weighted by atomic mass is 79.9. The molecule has 0 aliphatic heterocycles. The van der Waals surface area contributed by atoms with Crippen LogP contribution in [0.2, 0.25) is 0 Å². The number of anilines is 1. The zero-order valence-corrected chi connectivity index (χ0v) is 13.3. The molecule has 0 bridgehead atoms. The van der Waals surface area contributed by atoms with Gasteiger partial charge in [0.05, 0.1) is 9.54 Å². The normalized spacial score (nSPS) is 12.1. The van der Waals surface area contributed by atoms with Gasteiger partial charge in [0.15, 0.2) is 5.58 Å². The molecule has 104 valence electrons. The molecule has 0 radical (unpaired) electrons. The summed E-state index contributed by atoms with van der Waals surface area (Å²) in [5.41, 5.74) is 6.99. The van der Waals surface area contributed by atoms with Crippen molar-refractivity contribution >= 4 is 53.9 Å². The van der Waals surface area contributed by atoms with E-state index >= 15 is 0 Å². The highest BCUT2D eigenvalue weighted by Crippen LogP contribution is 2.27. The van der Waals surface area contributed by atoms with Crippen molar-refractivity contribution in [2.24, 2.45) is 0 Å². The molecule has 0 spiro atoms.